The Morgan fingerprint density at radius 1 is 1.28 bits per heavy atom. The van der Waals surface area contributed by atoms with Crippen LogP contribution in [0.4, 0.5) is 0 Å². The molecule has 1 saturated carbocycles. The number of nitrogens with one attached hydrogen (secondary N) is 2. The van der Waals surface area contributed by atoms with E-state index in [1.54, 1.807) is 0 Å². The molecule has 6 heteroatoms. The first-order chi connectivity index (χ1) is 11.7. The molecule has 1 aromatic rings. The number of rotatable bonds is 7. The van der Waals surface area contributed by atoms with Gasteiger partial charge in [-0.15, -0.1) is 24.0 Å². The van der Waals surface area contributed by atoms with Crippen molar-refractivity contribution in [1.29, 1.82) is 0 Å². The topological polar surface area (TPSA) is 39.7 Å². The van der Waals surface area contributed by atoms with Crippen molar-refractivity contribution < 1.29 is 0 Å². The van der Waals surface area contributed by atoms with E-state index in [1.165, 1.54) is 37.9 Å². The van der Waals surface area contributed by atoms with Crippen LogP contribution in [-0.2, 0) is 6.42 Å². The van der Waals surface area contributed by atoms with Crippen molar-refractivity contribution in [3.63, 3.8) is 0 Å². The fourth-order valence-electron chi connectivity index (χ4n) is 3.36. The number of guanidine groups is 1. The van der Waals surface area contributed by atoms with Gasteiger partial charge >= 0.3 is 0 Å². The van der Waals surface area contributed by atoms with Crippen molar-refractivity contribution in [2.45, 2.75) is 38.6 Å². The average molecular weight is 477 g/mol. The van der Waals surface area contributed by atoms with Gasteiger partial charge in [-0.3, -0.25) is 4.99 Å². The summed E-state index contributed by atoms with van der Waals surface area (Å²) in [6.07, 6.45) is 5.05. The number of nitrogens with zero attached hydrogens (tertiary/aromatic N) is 2. The Morgan fingerprint density at radius 2 is 2.12 bits per heavy atom. The zero-order valence-corrected chi connectivity index (χ0v) is 18.1. The Bertz CT molecular complexity index is 562. The average Bonchev–Trinajstić information content (AvgIpc) is 3.31. The summed E-state index contributed by atoms with van der Waals surface area (Å²) in [5, 5.41) is 7.59. The second-order valence-corrected chi connectivity index (χ2v) is 7.34. The molecule has 1 aliphatic heterocycles. The largest absolute Gasteiger partial charge is 0.357 e. The molecule has 1 aliphatic carbocycles. The van der Waals surface area contributed by atoms with Gasteiger partial charge in [-0.25, -0.2) is 0 Å². The first-order valence-corrected chi connectivity index (χ1v) is 9.63. The van der Waals surface area contributed by atoms with E-state index in [-0.39, 0.29) is 24.0 Å². The molecule has 1 heterocycles. The molecule has 1 atom stereocenters. The maximum atomic E-state index is 6.04. The van der Waals surface area contributed by atoms with Crippen LogP contribution in [0.25, 0.3) is 0 Å². The van der Waals surface area contributed by atoms with Crippen LogP contribution in [0.1, 0.15) is 31.7 Å². The summed E-state index contributed by atoms with van der Waals surface area (Å²) in [4.78, 5) is 7.45. The van der Waals surface area contributed by atoms with Gasteiger partial charge in [0.15, 0.2) is 5.96 Å². The lowest BCUT2D eigenvalue weighted by atomic mass is 10.1. The SMILES string of the molecule is CCNC(=NCC1CCN(C2CC2)C1)NCCc1cccc(Cl)c1.I. The summed E-state index contributed by atoms with van der Waals surface area (Å²) in [6.45, 7) is 7.29. The number of likely N-dealkylation sites (tertiary alicyclic amines) is 1. The van der Waals surface area contributed by atoms with Gasteiger partial charge in [-0.1, -0.05) is 23.7 Å². The van der Waals surface area contributed by atoms with E-state index in [0.29, 0.717) is 5.92 Å². The predicted molar refractivity (Wildman–Crippen MR) is 117 cm³/mol. The highest BCUT2D eigenvalue weighted by molar-refractivity contribution is 14.0. The minimum Gasteiger partial charge on any atom is -0.357 e. The molecule has 1 aromatic carbocycles. The van der Waals surface area contributed by atoms with Gasteiger partial charge in [-0.2, -0.15) is 0 Å². The standard InChI is InChI=1S/C19H29ClN4.HI/c1-2-21-19(22-10-8-15-4-3-5-17(20)12-15)23-13-16-9-11-24(14-16)18-6-7-18;/h3-5,12,16,18H,2,6-11,13-14H2,1H3,(H2,21,22,23);1H. The summed E-state index contributed by atoms with van der Waals surface area (Å²) >= 11 is 6.04. The lowest BCUT2D eigenvalue weighted by molar-refractivity contribution is 0.315. The van der Waals surface area contributed by atoms with Crippen LogP contribution in [0.3, 0.4) is 0 Å². The second-order valence-electron chi connectivity index (χ2n) is 6.91. The second kappa shape index (κ2) is 10.6. The fraction of sp³-hybridized carbons (Fsp3) is 0.632. The molecule has 0 aromatic heterocycles. The third-order valence-corrected chi connectivity index (χ3v) is 5.06. The van der Waals surface area contributed by atoms with E-state index in [0.717, 1.165) is 43.1 Å². The van der Waals surface area contributed by atoms with Crippen LogP contribution in [0.15, 0.2) is 29.3 Å². The number of halogens is 2. The van der Waals surface area contributed by atoms with Gasteiger partial charge in [0.25, 0.3) is 0 Å². The van der Waals surface area contributed by atoms with Crippen LogP contribution < -0.4 is 10.6 Å². The number of hydrogen-bond acceptors (Lipinski definition) is 2. The van der Waals surface area contributed by atoms with Gasteiger partial charge in [0.1, 0.15) is 0 Å². The summed E-state index contributed by atoms with van der Waals surface area (Å²) < 4.78 is 0. The summed E-state index contributed by atoms with van der Waals surface area (Å²) in [5.74, 6) is 1.65. The van der Waals surface area contributed by atoms with E-state index in [1.807, 2.05) is 18.2 Å². The van der Waals surface area contributed by atoms with Crippen LogP contribution in [-0.4, -0.2) is 49.6 Å². The van der Waals surface area contributed by atoms with Crippen molar-refractivity contribution in [3.8, 4) is 0 Å². The van der Waals surface area contributed by atoms with Crippen molar-refractivity contribution in [3.05, 3.63) is 34.9 Å². The van der Waals surface area contributed by atoms with Crippen LogP contribution >= 0.6 is 35.6 Å². The zero-order valence-electron chi connectivity index (χ0n) is 15.0. The maximum absolute atomic E-state index is 6.04. The molecule has 0 radical (unpaired) electrons. The van der Waals surface area contributed by atoms with Crippen LogP contribution in [0.2, 0.25) is 5.02 Å². The highest BCUT2D eigenvalue weighted by atomic mass is 127. The maximum Gasteiger partial charge on any atom is 0.191 e. The third-order valence-electron chi connectivity index (χ3n) is 4.83. The molecule has 0 bridgehead atoms. The van der Waals surface area contributed by atoms with Crippen molar-refractivity contribution >= 4 is 41.5 Å². The normalized spacial score (nSPS) is 21.0. The third kappa shape index (κ3) is 6.94. The van der Waals surface area contributed by atoms with E-state index in [9.17, 15) is 0 Å². The minimum atomic E-state index is 0. The molecule has 4 nitrogen and oxygen atoms in total. The highest BCUT2D eigenvalue weighted by Gasteiger charge is 2.34. The Balaban J connectivity index is 0.00000225. The molecule has 25 heavy (non-hydrogen) atoms. The molecule has 2 N–H and O–H groups in total. The van der Waals surface area contributed by atoms with Crippen molar-refractivity contribution in [2.24, 2.45) is 10.9 Å². The highest BCUT2D eigenvalue weighted by Crippen LogP contribution is 2.31. The van der Waals surface area contributed by atoms with E-state index in [2.05, 4.69) is 28.5 Å². The lowest BCUT2D eigenvalue weighted by Crippen LogP contribution is -2.38. The van der Waals surface area contributed by atoms with Gasteiger partial charge in [0.2, 0.25) is 0 Å². The minimum absolute atomic E-state index is 0. The molecular weight excluding hydrogens is 447 g/mol. The molecule has 2 fully saturated rings. The van der Waals surface area contributed by atoms with Crippen molar-refractivity contribution in [2.75, 3.05) is 32.7 Å². The number of aliphatic imine (C=N–C) groups is 1. The molecule has 0 spiro atoms. The number of benzene rings is 1. The first kappa shape index (κ1) is 20.8. The monoisotopic (exact) mass is 476 g/mol. The quantitative estimate of drug-likeness (QED) is 0.359. The van der Waals surface area contributed by atoms with Crippen molar-refractivity contribution in [1.82, 2.24) is 15.5 Å². The molecule has 3 rings (SSSR count). The molecular formula is C19H30ClIN4. The Labute approximate surface area is 173 Å². The summed E-state index contributed by atoms with van der Waals surface area (Å²) in [6, 6.07) is 8.95. The molecule has 1 saturated heterocycles. The summed E-state index contributed by atoms with van der Waals surface area (Å²) in [7, 11) is 0. The molecule has 2 aliphatic rings. The van der Waals surface area contributed by atoms with Gasteiger partial charge in [0, 0.05) is 37.2 Å². The molecule has 140 valence electrons. The molecule has 0 amide bonds. The zero-order chi connectivity index (χ0) is 16.8. The van der Waals surface area contributed by atoms with Gasteiger partial charge < -0.3 is 15.5 Å². The Kier molecular flexibility index (Phi) is 8.79. The molecule has 1 unspecified atom stereocenters. The van der Waals surface area contributed by atoms with Gasteiger partial charge in [0.05, 0.1) is 0 Å². The summed E-state index contributed by atoms with van der Waals surface area (Å²) in [5.41, 5.74) is 1.25. The lowest BCUT2D eigenvalue weighted by Gasteiger charge is -2.15. The van der Waals surface area contributed by atoms with Crippen LogP contribution in [0.5, 0.6) is 0 Å². The van der Waals surface area contributed by atoms with E-state index < -0.39 is 0 Å². The van der Waals surface area contributed by atoms with E-state index in [4.69, 9.17) is 16.6 Å². The van der Waals surface area contributed by atoms with Crippen LogP contribution in [0, 0.1) is 5.92 Å². The van der Waals surface area contributed by atoms with Gasteiger partial charge in [-0.05, 0) is 62.8 Å². The Morgan fingerprint density at radius 3 is 2.84 bits per heavy atom. The smallest absolute Gasteiger partial charge is 0.191 e. The predicted octanol–water partition coefficient (Wildman–Crippen LogP) is 3.54. The fourth-order valence-corrected chi connectivity index (χ4v) is 3.58. The first-order valence-electron chi connectivity index (χ1n) is 9.25. The Hall–Kier alpha value is -0.530. The number of hydrogen-bond donors (Lipinski definition) is 2. The van der Waals surface area contributed by atoms with E-state index >= 15 is 0 Å².